The molecular weight excluding hydrogens is 156 g/mol. The van der Waals surface area contributed by atoms with Crippen molar-refractivity contribution in [3.8, 4) is 0 Å². The zero-order valence-corrected chi connectivity index (χ0v) is 5.89. The van der Waals surface area contributed by atoms with E-state index in [4.69, 9.17) is 5.11 Å². The molecule has 0 aromatic heterocycles. The van der Waals surface area contributed by atoms with Crippen molar-refractivity contribution < 1.29 is 18.7 Å². The third-order valence-electron chi connectivity index (χ3n) is 1.66. The van der Waals surface area contributed by atoms with E-state index in [1.165, 1.54) is 0 Å². The Bertz CT molecular complexity index is 172. The molecule has 1 N–H and O–H groups in total. The van der Waals surface area contributed by atoms with Crippen molar-refractivity contribution in [2.24, 2.45) is 0 Å². The van der Waals surface area contributed by atoms with Crippen molar-refractivity contribution in [3.05, 3.63) is 0 Å². The van der Waals surface area contributed by atoms with E-state index in [0.717, 1.165) is 4.90 Å². The highest BCUT2D eigenvalue weighted by atomic mass is 19.3. The topological polar surface area (TPSA) is 40.5 Å². The smallest absolute Gasteiger partial charge is 0.407 e. The second kappa shape index (κ2) is 2.64. The summed E-state index contributed by atoms with van der Waals surface area (Å²) in [5.41, 5.74) is 0. The lowest BCUT2D eigenvalue weighted by atomic mass is 10.1. The van der Waals surface area contributed by atoms with Crippen LogP contribution in [-0.4, -0.2) is 35.1 Å². The van der Waals surface area contributed by atoms with Gasteiger partial charge in [-0.1, -0.05) is 0 Å². The highest BCUT2D eigenvalue weighted by Gasteiger charge is 2.36. The van der Waals surface area contributed by atoms with Crippen LogP contribution in [0.25, 0.3) is 0 Å². The molecule has 0 aromatic carbocycles. The lowest BCUT2D eigenvalue weighted by Gasteiger charge is -2.30. The number of carboxylic acid groups (broad SMARTS) is 1. The number of amides is 1. The number of carbonyl (C=O) groups is 1. The molecule has 3 nitrogen and oxygen atoms in total. The van der Waals surface area contributed by atoms with E-state index >= 15 is 0 Å². The van der Waals surface area contributed by atoms with Crippen LogP contribution in [0.2, 0.25) is 0 Å². The molecule has 0 bridgehead atoms. The van der Waals surface area contributed by atoms with Crippen LogP contribution in [-0.2, 0) is 0 Å². The Hall–Kier alpha value is -0.870. The van der Waals surface area contributed by atoms with Crippen LogP contribution < -0.4 is 0 Å². The number of halogens is 2. The number of piperidine rings is 1. The Balaban J connectivity index is 2.53. The van der Waals surface area contributed by atoms with Gasteiger partial charge in [0.1, 0.15) is 0 Å². The number of alkyl halides is 2. The van der Waals surface area contributed by atoms with Crippen LogP contribution in [0.1, 0.15) is 12.8 Å². The summed E-state index contributed by atoms with van der Waals surface area (Å²) < 4.78 is 25.0. The number of rotatable bonds is 0. The summed E-state index contributed by atoms with van der Waals surface area (Å²) in [5.74, 6) is -2.82. The Morgan fingerprint density at radius 2 is 2.18 bits per heavy atom. The van der Waals surface area contributed by atoms with Gasteiger partial charge in [-0.3, -0.25) is 0 Å². The van der Waals surface area contributed by atoms with Crippen LogP contribution in [0.3, 0.4) is 0 Å². The largest absolute Gasteiger partial charge is 0.465 e. The van der Waals surface area contributed by atoms with Gasteiger partial charge in [-0.2, -0.15) is 0 Å². The standard InChI is InChI=1S/C6H9F2NO2/c7-6(8)2-1-3-9(4-6)5(10)11/h1-4H2,(H,10,11). The lowest BCUT2D eigenvalue weighted by molar-refractivity contribution is -0.0574. The molecule has 1 rings (SSSR count). The Morgan fingerprint density at radius 1 is 1.55 bits per heavy atom. The normalized spacial score (nSPS) is 23.3. The van der Waals surface area contributed by atoms with Crippen LogP contribution in [0.15, 0.2) is 0 Å². The molecule has 0 aliphatic carbocycles. The fourth-order valence-electron chi connectivity index (χ4n) is 1.13. The van der Waals surface area contributed by atoms with Crippen LogP contribution in [0.4, 0.5) is 13.6 Å². The van der Waals surface area contributed by atoms with Gasteiger partial charge in [0.15, 0.2) is 0 Å². The summed E-state index contributed by atoms with van der Waals surface area (Å²) in [6.07, 6.45) is -1.21. The number of hydrogen-bond donors (Lipinski definition) is 1. The Kier molecular flexibility index (Phi) is 1.97. The molecule has 5 heteroatoms. The van der Waals surface area contributed by atoms with Gasteiger partial charge in [0.2, 0.25) is 0 Å². The molecular formula is C6H9F2NO2. The molecule has 0 spiro atoms. The van der Waals surface area contributed by atoms with Gasteiger partial charge < -0.3 is 10.0 Å². The minimum atomic E-state index is -2.82. The van der Waals surface area contributed by atoms with E-state index in [1.54, 1.807) is 0 Å². The van der Waals surface area contributed by atoms with Gasteiger partial charge in [0, 0.05) is 13.0 Å². The zero-order valence-electron chi connectivity index (χ0n) is 5.89. The van der Waals surface area contributed by atoms with E-state index in [-0.39, 0.29) is 19.4 Å². The van der Waals surface area contributed by atoms with E-state index in [1.807, 2.05) is 0 Å². The summed E-state index contributed by atoms with van der Waals surface area (Å²) >= 11 is 0. The zero-order chi connectivity index (χ0) is 8.48. The highest BCUT2D eigenvalue weighted by molar-refractivity contribution is 5.65. The fraction of sp³-hybridized carbons (Fsp3) is 0.833. The summed E-state index contributed by atoms with van der Waals surface area (Å²) in [4.78, 5) is 11.0. The molecule has 0 saturated carbocycles. The first-order chi connectivity index (χ1) is 5.01. The van der Waals surface area contributed by atoms with Gasteiger partial charge in [-0.25, -0.2) is 13.6 Å². The van der Waals surface area contributed by atoms with Crippen molar-refractivity contribution in [2.45, 2.75) is 18.8 Å². The summed E-state index contributed by atoms with van der Waals surface area (Å²) in [7, 11) is 0. The van der Waals surface area contributed by atoms with E-state index in [2.05, 4.69) is 0 Å². The molecule has 0 atom stereocenters. The van der Waals surface area contributed by atoms with Crippen molar-refractivity contribution in [1.29, 1.82) is 0 Å². The van der Waals surface area contributed by atoms with Crippen molar-refractivity contribution >= 4 is 6.09 Å². The van der Waals surface area contributed by atoms with E-state index in [9.17, 15) is 13.6 Å². The highest BCUT2D eigenvalue weighted by Crippen LogP contribution is 2.26. The van der Waals surface area contributed by atoms with Crippen molar-refractivity contribution in [2.75, 3.05) is 13.1 Å². The molecule has 1 fully saturated rings. The maximum Gasteiger partial charge on any atom is 0.407 e. The van der Waals surface area contributed by atoms with E-state index in [0.29, 0.717) is 0 Å². The summed E-state index contributed by atoms with van der Waals surface area (Å²) in [6.45, 7) is -0.423. The molecule has 0 radical (unpaired) electrons. The number of hydrogen-bond acceptors (Lipinski definition) is 1. The molecule has 1 aliphatic rings. The predicted octanol–water partition coefficient (Wildman–Crippen LogP) is 1.40. The monoisotopic (exact) mass is 165 g/mol. The van der Waals surface area contributed by atoms with Gasteiger partial charge in [0.05, 0.1) is 6.54 Å². The van der Waals surface area contributed by atoms with Crippen LogP contribution >= 0.6 is 0 Å². The first kappa shape index (κ1) is 8.23. The van der Waals surface area contributed by atoms with Gasteiger partial charge in [0.25, 0.3) is 5.92 Å². The first-order valence-corrected chi connectivity index (χ1v) is 3.37. The average Bonchev–Trinajstić information content (AvgIpc) is 1.85. The van der Waals surface area contributed by atoms with Crippen molar-refractivity contribution in [3.63, 3.8) is 0 Å². The molecule has 1 heterocycles. The van der Waals surface area contributed by atoms with Crippen LogP contribution in [0, 0.1) is 0 Å². The SMILES string of the molecule is O=C(O)N1CCCC(F)(F)C1. The van der Waals surface area contributed by atoms with Crippen LogP contribution in [0.5, 0.6) is 0 Å². The minimum absolute atomic E-state index is 0.198. The molecule has 11 heavy (non-hydrogen) atoms. The fourth-order valence-corrected chi connectivity index (χ4v) is 1.13. The van der Waals surface area contributed by atoms with Crippen molar-refractivity contribution in [1.82, 2.24) is 4.90 Å². The number of likely N-dealkylation sites (tertiary alicyclic amines) is 1. The Labute approximate surface area is 62.6 Å². The molecule has 0 aromatic rings. The lowest BCUT2D eigenvalue weighted by Crippen LogP contribution is -2.45. The van der Waals surface area contributed by atoms with Gasteiger partial charge in [-0.05, 0) is 6.42 Å². The quantitative estimate of drug-likeness (QED) is 0.589. The molecule has 1 aliphatic heterocycles. The predicted molar refractivity (Wildman–Crippen MR) is 33.8 cm³/mol. The maximum atomic E-state index is 12.5. The first-order valence-electron chi connectivity index (χ1n) is 3.37. The van der Waals surface area contributed by atoms with Gasteiger partial charge >= 0.3 is 6.09 Å². The molecule has 0 unspecified atom stereocenters. The third kappa shape index (κ3) is 2.03. The second-order valence-corrected chi connectivity index (χ2v) is 2.66. The Morgan fingerprint density at radius 3 is 2.55 bits per heavy atom. The number of nitrogens with zero attached hydrogens (tertiary/aromatic N) is 1. The third-order valence-corrected chi connectivity index (χ3v) is 1.66. The van der Waals surface area contributed by atoms with Gasteiger partial charge in [-0.15, -0.1) is 0 Å². The van der Waals surface area contributed by atoms with E-state index < -0.39 is 18.6 Å². The molecule has 1 amide bonds. The molecule has 64 valence electrons. The molecule has 1 saturated heterocycles. The maximum absolute atomic E-state index is 12.5. The second-order valence-electron chi connectivity index (χ2n) is 2.66. The average molecular weight is 165 g/mol. The summed E-state index contributed by atoms with van der Waals surface area (Å²) in [6, 6.07) is 0. The summed E-state index contributed by atoms with van der Waals surface area (Å²) in [5, 5.41) is 8.36. The minimum Gasteiger partial charge on any atom is -0.465 e.